The number of piperidine rings is 1. The normalized spacial score (nSPS) is 15.6. The highest BCUT2D eigenvalue weighted by Crippen LogP contribution is 2.30. The lowest BCUT2D eigenvalue weighted by Gasteiger charge is -2.33. The summed E-state index contributed by atoms with van der Waals surface area (Å²) in [6.45, 7) is 5.14. The second-order valence-electron chi connectivity index (χ2n) is 6.04. The molecule has 0 atom stereocenters. The fourth-order valence-electron chi connectivity index (χ4n) is 2.75. The number of benzene rings is 1. The zero-order valence-electron chi connectivity index (χ0n) is 13.7. The molecule has 0 bridgehead atoms. The monoisotopic (exact) mass is 321 g/mol. The van der Waals surface area contributed by atoms with Crippen molar-refractivity contribution in [3.8, 4) is 5.75 Å². The minimum atomic E-state index is -0.404. The van der Waals surface area contributed by atoms with E-state index in [0.717, 1.165) is 12.8 Å². The standard InChI is InChI=1S/C16H23N3O4/c1-11(2)16(20)18-8-6-12(7-9-18)17-14-10-13(23-3)4-5-15(14)19(21)22/h4-5,10-12,17H,6-9H2,1-3H3. The molecule has 2 rings (SSSR count). The van der Waals surface area contributed by atoms with Gasteiger partial charge in [-0.15, -0.1) is 0 Å². The fraction of sp³-hybridized carbons (Fsp3) is 0.562. The fourth-order valence-corrected chi connectivity index (χ4v) is 2.75. The van der Waals surface area contributed by atoms with Crippen molar-refractivity contribution in [1.82, 2.24) is 4.90 Å². The van der Waals surface area contributed by atoms with E-state index in [1.54, 1.807) is 12.1 Å². The van der Waals surface area contributed by atoms with E-state index in [1.165, 1.54) is 13.2 Å². The van der Waals surface area contributed by atoms with Crippen molar-refractivity contribution in [2.45, 2.75) is 32.7 Å². The highest BCUT2D eigenvalue weighted by Gasteiger charge is 2.25. The Labute approximate surface area is 135 Å². The Kier molecular flexibility index (Phi) is 5.41. The lowest BCUT2D eigenvalue weighted by Crippen LogP contribution is -2.44. The van der Waals surface area contributed by atoms with Gasteiger partial charge in [-0.3, -0.25) is 14.9 Å². The van der Waals surface area contributed by atoms with Crippen LogP contribution >= 0.6 is 0 Å². The minimum absolute atomic E-state index is 0.000943. The van der Waals surface area contributed by atoms with E-state index >= 15 is 0 Å². The molecule has 1 aliphatic rings. The number of carbonyl (C=O) groups is 1. The number of amides is 1. The molecule has 7 nitrogen and oxygen atoms in total. The summed E-state index contributed by atoms with van der Waals surface area (Å²) in [7, 11) is 1.53. The third kappa shape index (κ3) is 4.12. The van der Waals surface area contributed by atoms with Crippen molar-refractivity contribution in [1.29, 1.82) is 0 Å². The number of carbonyl (C=O) groups excluding carboxylic acids is 1. The number of nitro benzene ring substituents is 1. The van der Waals surface area contributed by atoms with Crippen molar-refractivity contribution in [3.63, 3.8) is 0 Å². The number of hydrogen-bond donors (Lipinski definition) is 1. The molecule has 1 aromatic carbocycles. The highest BCUT2D eigenvalue weighted by atomic mass is 16.6. The van der Waals surface area contributed by atoms with Gasteiger partial charge >= 0.3 is 0 Å². The van der Waals surface area contributed by atoms with Gasteiger partial charge in [-0.2, -0.15) is 0 Å². The summed E-state index contributed by atoms with van der Waals surface area (Å²) in [5.41, 5.74) is 0.495. The van der Waals surface area contributed by atoms with Gasteiger partial charge in [0, 0.05) is 37.2 Å². The Balaban J connectivity index is 2.04. The molecule has 1 heterocycles. The molecule has 23 heavy (non-hydrogen) atoms. The largest absolute Gasteiger partial charge is 0.497 e. The van der Waals surface area contributed by atoms with Crippen LogP contribution in [-0.2, 0) is 4.79 Å². The number of nitrogens with one attached hydrogen (secondary N) is 1. The van der Waals surface area contributed by atoms with Crippen LogP contribution in [0.2, 0.25) is 0 Å². The number of methoxy groups -OCH3 is 1. The molecular weight excluding hydrogens is 298 g/mol. The maximum atomic E-state index is 12.0. The van der Waals surface area contributed by atoms with E-state index in [2.05, 4.69) is 5.32 Å². The number of ether oxygens (including phenoxy) is 1. The van der Waals surface area contributed by atoms with Crippen LogP contribution in [0.25, 0.3) is 0 Å². The van der Waals surface area contributed by atoms with E-state index in [9.17, 15) is 14.9 Å². The topological polar surface area (TPSA) is 84.7 Å². The van der Waals surface area contributed by atoms with Gasteiger partial charge < -0.3 is 15.0 Å². The molecule has 0 unspecified atom stereocenters. The van der Waals surface area contributed by atoms with E-state index < -0.39 is 4.92 Å². The molecule has 0 aliphatic carbocycles. The summed E-state index contributed by atoms with van der Waals surface area (Å²) in [4.78, 5) is 24.6. The summed E-state index contributed by atoms with van der Waals surface area (Å²) in [5, 5.41) is 14.4. The molecule has 0 saturated carbocycles. The van der Waals surface area contributed by atoms with Gasteiger partial charge in [0.1, 0.15) is 11.4 Å². The van der Waals surface area contributed by atoms with Crippen LogP contribution in [0, 0.1) is 16.0 Å². The first-order valence-electron chi connectivity index (χ1n) is 7.80. The van der Waals surface area contributed by atoms with Gasteiger partial charge in [0.15, 0.2) is 0 Å². The average Bonchev–Trinajstić information content (AvgIpc) is 2.54. The Bertz CT molecular complexity index is 581. The van der Waals surface area contributed by atoms with E-state index in [4.69, 9.17) is 4.74 Å². The van der Waals surface area contributed by atoms with Gasteiger partial charge in [-0.25, -0.2) is 0 Å². The van der Waals surface area contributed by atoms with Gasteiger partial charge in [0.05, 0.1) is 12.0 Å². The molecule has 1 N–H and O–H groups in total. The van der Waals surface area contributed by atoms with Crippen molar-refractivity contribution in [2.75, 3.05) is 25.5 Å². The first kappa shape index (κ1) is 17.1. The van der Waals surface area contributed by atoms with Crippen LogP contribution in [0.15, 0.2) is 18.2 Å². The average molecular weight is 321 g/mol. The molecule has 7 heteroatoms. The third-order valence-corrected chi connectivity index (χ3v) is 4.06. The van der Waals surface area contributed by atoms with Gasteiger partial charge in [-0.05, 0) is 18.9 Å². The molecule has 0 radical (unpaired) electrons. The first-order chi connectivity index (χ1) is 10.9. The molecule has 1 saturated heterocycles. The number of likely N-dealkylation sites (tertiary alicyclic amines) is 1. The Morgan fingerprint density at radius 3 is 2.57 bits per heavy atom. The zero-order chi connectivity index (χ0) is 17.0. The SMILES string of the molecule is COc1ccc([N+](=O)[O-])c(NC2CCN(C(=O)C(C)C)CC2)c1. The van der Waals surface area contributed by atoms with E-state index in [0.29, 0.717) is 24.5 Å². The number of nitrogens with zero attached hydrogens (tertiary/aromatic N) is 2. The number of anilines is 1. The molecule has 1 amide bonds. The predicted molar refractivity (Wildman–Crippen MR) is 87.7 cm³/mol. The molecule has 0 spiro atoms. The smallest absolute Gasteiger partial charge is 0.292 e. The predicted octanol–water partition coefficient (Wildman–Crippen LogP) is 2.66. The van der Waals surface area contributed by atoms with Gasteiger partial charge in [0.25, 0.3) is 5.69 Å². The van der Waals surface area contributed by atoms with E-state index in [1.807, 2.05) is 18.7 Å². The van der Waals surface area contributed by atoms with Gasteiger partial charge in [0.2, 0.25) is 5.91 Å². The van der Waals surface area contributed by atoms with Crippen molar-refractivity contribution >= 4 is 17.3 Å². The van der Waals surface area contributed by atoms with E-state index in [-0.39, 0.29) is 23.6 Å². The third-order valence-electron chi connectivity index (χ3n) is 4.06. The summed E-state index contributed by atoms with van der Waals surface area (Å²) in [6.07, 6.45) is 1.54. The van der Waals surface area contributed by atoms with Crippen molar-refractivity contribution < 1.29 is 14.5 Å². The first-order valence-corrected chi connectivity index (χ1v) is 7.80. The molecule has 126 valence electrons. The Hall–Kier alpha value is -2.31. The Morgan fingerprint density at radius 2 is 2.04 bits per heavy atom. The second-order valence-corrected chi connectivity index (χ2v) is 6.04. The van der Waals surface area contributed by atoms with Crippen LogP contribution in [0.3, 0.4) is 0 Å². The molecule has 1 aliphatic heterocycles. The molecule has 1 fully saturated rings. The highest BCUT2D eigenvalue weighted by molar-refractivity contribution is 5.78. The summed E-state index contributed by atoms with van der Waals surface area (Å²) >= 11 is 0. The lowest BCUT2D eigenvalue weighted by atomic mass is 10.0. The van der Waals surface area contributed by atoms with Gasteiger partial charge in [-0.1, -0.05) is 13.8 Å². The van der Waals surface area contributed by atoms with Crippen LogP contribution in [0.5, 0.6) is 5.75 Å². The number of nitro groups is 1. The van der Waals surface area contributed by atoms with Crippen LogP contribution in [0.4, 0.5) is 11.4 Å². The summed E-state index contributed by atoms with van der Waals surface area (Å²) < 4.78 is 5.14. The maximum Gasteiger partial charge on any atom is 0.292 e. The lowest BCUT2D eigenvalue weighted by molar-refractivity contribution is -0.384. The van der Waals surface area contributed by atoms with Crippen LogP contribution in [0.1, 0.15) is 26.7 Å². The number of hydrogen-bond acceptors (Lipinski definition) is 5. The minimum Gasteiger partial charge on any atom is -0.497 e. The van der Waals surface area contributed by atoms with Crippen molar-refractivity contribution in [3.05, 3.63) is 28.3 Å². The molecule has 0 aromatic heterocycles. The maximum absolute atomic E-state index is 12.0. The van der Waals surface area contributed by atoms with Crippen LogP contribution < -0.4 is 10.1 Å². The summed E-state index contributed by atoms with van der Waals surface area (Å²) in [6, 6.07) is 4.77. The number of rotatable bonds is 5. The molecular formula is C16H23N3O4. The Morgan fingerprint density at radius 1 is 1.39 bits per heavy atom. The van der Waals surface area contributed by atoms with Crippen molar-refractivity contribution in [2.24, 2.45) is 5.92 Å². The zero-order valence-corrected chi connectivity index (χ0v) is 13.7. The van der Waals surface area contributed by atoms with Crippen LogP contribution in [-0.4, -0.2) is 42.0 Å². The summed E-state index contributed by atoms with van der Waals surface area (Å²) in [5.74, 6) is 0.736. The second kappa shape index (κ2) is 7.30. The molecule has 1 aromatic rings. The quantitative estimate of drug-likeness (QED) is 0.666.